The summed E-state index contributed by atoms with van der Waals surface area (Å²) in [6.07, 6.45) is 3.00. The topological polar surface area (TPSA) is 87.5 Å². The highest BCUT2D eigenvalue weighted by molar-refractivity contribution is 7.94. The molecule has 0 fully saturated rings. The van der Waals surface area contributed by atoms with Crippen LogP contribution in [0.3, 0.4) is 0 Å². The summed E-state index contributed by atoms with van der Waals surface area (Å²) >= 11 is 1.10. The smallest absolute Gasteiger partial charge is 0.250 e. The minimum Gasteiger partial charge on any atom is -0.311 e. The summed E-state index contributed by atoms with van der Waals surface area (Å²) in [6, 6.07) is 26.7. The van der Waals surface area contributed by atoms with Gasteiger partial charge < -0.3 is 4.57 Å². The van der Waals surface area contributed by atoms with E-state index >= 15 is 0 Å². The molecule has 0 aliphatic carbocycles. The molecule has 0 bridgehead atoms. The lowest BCUT2D eigenvalue weighted by Crippen LogP contribution is -2.28. The van der Waals surface area contributed by atoms with E-state index in [0.29, 0.717) is 5.56 Å². The van der Waals surface area contributed by atoms with Gasteiger partial charge in [-0.05, 0) is 78.6 Å². The molecule has 0 saturated heterocycles. The maximum Gasteiger partial charge on any atom is 0.250 e. The molecule has 0 saturated carbocycles. The summed E-state index contributed by atoms with van der Waals surface area (Å²) in [5.74, 6) is 0. The van der Waals surface area contributed by atoms with E-state index in [9.17, 15) is 13.2 Å². The maximum atomic E-state index is 12.7. The van der Waals surface area contributed by atoms with Gasteiger partial charge >= 0.3 is 0 Å². The van der Waals surface area contributed by atoms with E-state index in [-0.39, 0.29) is 5.56 Å². The van der Waals surface area contributed by atoms with E-state index in [1.54, 1.807) is 37.7 Å². The number of hydrogen-bond donors (Lipinski definition) is 0. The van der Waals surface area contributed by atoms with Crippen LogP contribution in [0.15, 0.2) is 101 Å². The zero-order valence-corrected chi connectivity index (χ0v) is 25.0. The summed E-state index contributed by atoms with van der Waals surface area (Å²) in [5, 5.41) is 0.861. The molecule has 210 valence electrons. The summed E-state index contributed by atoms with van der Waals surface area (Å²) in [4.78, 5) is 22.9. The van der Waals surface area contributed by atoms with E-state index in [1.807, 2.05) is 72.8 Å². The highest BCUT2D eigenvalue weighted by Gasteiger charge is 2.33. The molecule has 0 amide bonds. The lowest BCUT2D eigenvalue weighted by Gasteiger charge is -2.24. The Labute approximate surface area is 243 Å². The number of aromatic nitrogens is 2. The Balaban J connectivity index is 1.68. The van der Waals surface area contributed by atoms with E-state index < -0.39 is 14.6 Å². The number of benzene rings is 3. The van der Waals surface area contributed by atoms with Crippen molar-refractivity contribution >= 4 is 32.8 Å². The third kappa shape index (κ3) is 5.58. The third-order valence-electron chi connectivity index (χ3n) is 7.45. The predicted molar refractivity (Wildman–Crippen MR) is 165 cm³/mol. The summed E-state index contributed by atoms with van der Waals surface area (Å²) in [5.41, 5.74) is 6.52. The first-order valence-corrected chi connectivity index (χ1v) is 15.5. The molecule has 9 heteroatoms. The van der Waals surface area contributed by atoms with Gasteiger partial charge in [0.2, 0.25) is 0 Å². The number of hydrogen-bond acceptors (Lipinski definition) is 7. The van der Waals surface area contributed by atoms with Gasteiger partial charge in [-0.15, -0.1) is 0 Å². The lowest BCUT2D eigenvalue weighted by atomic mass is 9.91. The second-order valence-electron chi connectivity index (χ2n) is 10.3. The van der Waals surface area contributed by atoms with Crippen molar-refractivity contribution in [2.24, 2.45) is 7.05 Å². The fourth-order valence-corrected chi connectivity index (χ4v) is 5.73. The molecule has 0 aliphatic rings. The summed E-state index contributed by atoms with van der Waals surface area (Å²) < 4.78 is 31.0. The maximum absolute atomic E-state index is 12.7. The minimum absolute atomic E-state index is 0.119. The van der Waals surface area contributed by atoms with Gasteiger partial charge in [-0.1, -0.05) is 36.4 Å². The Morgan fingerprint density at radius 2 is 1.56 bits per heavy atom. The first-order chi connectivity index (χ1) is 19.5. The average Bonchev–Trinajstić information content (AvgIpc) is 2.96. The van der Waals surface area contributed by atoms with Crippen molar-refractivity contribution in [2.45, 2.75) is 23.5 Å². The number of fused-ring (bicyclic) bond motifs is 1. The van der Waals surface area contributed by atoms with Crippen molar-refractivity contribution in [3.05, 3.63) is 107 Å². The van der Waals surface area contributed by atoms with Crippen LogP contribution >= 0.6 is 12.0 Å². The number of rotatable bonds is 8. The molecule has 0 aliphatic heterocycles. The van der Waals surface area contributed by atoms with Gasteiger partial charge in [-0.2, -0.15) is 4.33 Å². The molecule has 0 spiro atoms. The normalized spacial score (nSPS) is 12.1. The molecule has 7 nitrogen and oxygen atoms in total. The number of pyridine rings is 2. The minimum atomic E-state index is -3.40. The fourth-order valence-electron chi connectivity index (χ4n) is 4.79. The van der Waals surface area contributed by atoms with E-state index in [2.05, 4.69) is 15.9 Å². The summed E-state index contributed by atoms with van der Waals surface area (Å²) in [7, 11) is -0.189. The van der Waals surface area contributed by atoms with Crippen LogP contribution < -0.4 is 5.56 Å². The zero-order chi connectivity index (χ0) is 29.4. The highest BCUT2D eigenvalue weighted by atomic mass is 32.2. The highest BCUT2D eigenvalue weighted by Crippen LogP contribution is 2.39. The van der Waals surface area contributed by atoms with Gasteiger partial charge in [0, 0.05) is 47.0 Å². The van der Waals surface area contributed by atoms with Crippen LogP contribution in [0.2, 0.25) is 0 Å². The van der Waals surface area contributed by atoms with Crippen LogP contribution in [-0.4, -0.2) is 31.3 Å². The molecule has 3 aromatic carbocycles. The van der Waals surface area contributed by atoms with Crippen molar-refractivity contribution in [3.63, 3.8) is 0 Å². The molecule has 5 aromatic rings. The molecular formula is C32H30N2O5S2. The van der Waals surface area contributed by atoms with Crippen molar-refractivity contribution < 1.29 is 17.6 Å². The Morgan fingerprint density at radius 3 is 2.24 bits per heavy atom. The van der Waals surface area contributed by atoms with Crippen molar-refractivity contribution in [1.82, 2.24) is 9.55 Å². The fraction of sp³-hybridized carbons (Fsp3) is 0.188. The standard InChI is InChI=1S/C32H30N2O5S2/c1-32(2,41(5,36)37)25-19-24-10-7-17-33-30(24)28(20-25)23-9-6-8-22(18-23)27-15-16-29(35)34(3)31(27)21-11-13-26(14-12-21)40-39-38-4/h6-20H,1-5H3. The Kier molecular flexibility index (Phi) is 7.89. The van der Waals surface area contributed by atoms with Crippen molar-refractivity contribution in [1.29, 1.82) is 0 Å². The van der Waals surface area contributed by atoms with Gasteiger partial charge in [-0.25, -0.2) is 13.3 Å². The lowest BCUT2D eigenvalue weighted by molar-refractivity contribution is -0.160. The zero-order valence-electron chi connectivity index (χ0n) is 23.4. The first kappa shape index (κ1) is 28.8. The molecule has 0 atom stereocenters. The van der Waals surface area contributed by atoms with Gasteiger partial charge in [0.05, 0.1) is 35.1 Å². The summed E-state index contributed by atoms with van der Waals surface area (Å²) in [6.45, 7) is 3.45. The Morgan fingerprint density at radius 1 is 0.854 bits per heavy atom. The largest absolute Gasteiger partial charge is 0.311 e. The third-order valence-corrected chi connectivity index (χ3v) is 10.2. The monoisotopic (exact) mass is 586 g/mol. The van der Waals surface area contributed by atoms with Crippen LogP contribution in [0.25, 0.3) is 44.4 Å². The quantitative estimate of drug-likeness (QED) is 0.112. The van der Waals surface area contributed by atoms with Gasteiger partial charge in [0.25, 0.3) is 5.56 Å². The molecule has 2 aromatic heterocycles. The van der Waals surface area contributed by atoms with E-state index in [4.69, 9.17) is 4.33 Å². The van der Waals surface area contributed by atoms with Gasteiger partial charge in [0.15, 0.2) is 9.84 Å². The molecule has 41 heavy (non-hydrogen) atoms. The van der Waals surface area contributed by atoms with Crippen molar-refractivity contribution in [3.8, 4) is 33.5 Å². The van der Waals surface area contributed by atoms with Crippen LogP contribution in [0.5, 0.6) is 0 Å². The molecule has 0 N–H and O–H groups in total. The van der Waals surface area contributed by atoms with Crippen LogP contribution in [0.4, 0.5) is 0 Å². The molecule has 2 heterocycles. The first-order valence-electron chi connectivity index (χ1n) is 12.9. The SMILES string of the molecule is COOSc1ccc(-c2c(-c3cccc(-c4cc(C(C)(C)S(C)(=O)=O)cc5cccnc45)c3)ccc(=O)n2C)cc1. The number of sulfone groups is 1. The molecule has 5 rings (SSSR count). The Hall–Kier alpha value is -3.76. The van der Waals surface area contributed by atoms with E-state index in [0.717, 1.165) is 61.4 Å². The average molecular weight is 587 g/mol. The van der Waals surface area contributed by atoms with Gasteiger partial charge in [0.1, 0.15) is 0 Å². The van der Waals surface area contributed by atoms with Gasteiger partial charge in [-0.3, -0.25) is 9.78 Å². The van der Waals surface area contributed by atoms with Crippen molar-refractivity contribution in [2.75, 3.05) is 13.4 Å². The molecular weight excluding hydrogens is 556 g/mol. The van der Waals surface area contributed by atoms with E-state index in [1.165, 1.54) is 13.4 Å². The molecule has 0 unspecified atom stereocenters. The Bertz CT molecular complexity index is 1910. The predicted octanol–water partition coefficient (Wildman–Crippen LogP) is 6.80. The van der Waals surface area contributed by atoms with Crippen LogP contribution in [0, 0.1) is 0 Å². The second kappa shape index (κ2) is 11.3. The van der Waals surface area contributed by atoms with Crippen LogP contribution in [-0.2, 0) is 30.9 Å². The van der Waals surface area contributed by atoms with Crippen LogP contribution in [0.1, 0.15) is 19.4 Å². The second-order valence-corrected chi connectivity index (χ2v) is 13.6. The number of nitrogens with zero attached hydrogens (tertiary/aromatic N) is 2. The molecule has 0 radical (unpaired) electrons.